The Labute approximate surface area is 213 Å². The van der Waals surface area contributed by atoms with Crippen LogP contribution in [-0.2, 0) is 11.2 Å². The van der Waals surface area contributed by atoms with Gasteiger partial charge in [-0.05, 0) is 61.1 Å². The van der Waals surface area contributed by atoms with Gasteiger partial charge in [-0.3, -0.25) is 9.59 Å². The van der Waals surface area contributed by atoms with Gasteiger partial charge in [-0.15, -0.1) is 0 Å². The maximum absolute atomic E-state index is 12.3. The lowest BCUT2D eigenvalue weighted by molar-refractivity contribution is -0.135. The van der Waals surface area contributed by atoms with Crippen LogP contribution in [0.25, 0.3) is 11.1 Å². The lowest BCUT2D eigenvalue weighted by atomic mass is 9.92. The van der Waals surface area contributed by atoms with Crippen LogP contribution in [0.1, 0.15) is 45.2 Å². The number of piperidine rings is 1. The van der Waals surface area contributed by atoms with Crippen molar-refractivity contribution >= 4 is 23.5 Å². The number of carboxylic acid groups (broad SMARTS) is 2. The molecule has 1 amide bonds. The Morgan fingerprint density at radius 3 is 2.11 bits per heavy atom. The fourth-order valence-corrected chi connectivity index (χ4v) is 4.44. The van der Waals surface area contributed by atoms with Crippen molar-refractivity contribution in [1.82, 2.24) is 15.3 Å². The molecule has 4 N–H and O–H groups in total. The van der Waals surface area contributed by atoms with E-state index < -0.39 is 24.4 Å². The van der Waals surface area contributed by atoms with E-state index in [1.807, 2.05) is 12.1 Å². The van der Waals surface area contributed by atoms with Crippen LogP contribution in [0, 0.1) is 12.8 Å². The summed E-state index contributed by atoms with van der Waals surface area (Å²) >= 11 is 0. The van der Waals surface area contributed by atoms with Gasteiger partial charge in [-0.25, -0.2) is 14.8 Å². The van der Waals surface area contributed by atoms with Gasteiger partial charge in [0.05, 0.1) is 11.3 Å². The highest BCUT2D eigenvalue weighted by Gasteiger charge is 2.23. The highest BCUT2D eigenvalue weighted by Crippen LogP contribution is 2.28. The van der Waals surface area contributed by atoms with E-state index in [2.05, 4.69) is 32.3 Å². The number of aromatic nitrogens is 2. The summed E-state index contributed by atoms with van der Waals surface area (Å²) in [5, 5.41) is 30.2. The second-order valence-electron chi connectivity index (χ2n) is 9.06. The molecule has 0 radical (unpaired) electrons. The third-order valence-corrected chi connectivity index (χ3v) is 6.50. The number of carbonyl (C=O) groups excluding carboxylic acids is 1. The number of nitrogens with one attached hydrogen (secondary N) is 1. The van der Waals surface area contributed by atoms with Gasteiger partial charge < -0.3 is 25.5 Å². The molecule has 10 heteroatoms. The minimum Gasteiger partial charge on any atom is -0.504 e. The van der Waals surface area contributed by atoms with Gasteiger partial charge in [0.25, 0.3) is 5.91 Å². The predicted octanol–water partition coefficient (Wildman–Crippen LogP) is 3.13. The smallest absolute Gasteiger partial charge is 0.335 e. The summed E-state index contributed by atoms with van der Waals surface area (Å²) in [7, 11) is 0. The molecule has 2 heterocycles. The third-order valence-electron chi connectivity index (χ3n) is 6.50. The number of aromatic carboxylic acids is 1. The summed E-state index contributed by atoms with van der Waals surface area (Å²) in [4.78, 5) is 44.9. The lowest BCUT2D eigenvalue weighted by Gasteiger charge is -2.33. The van der Waals surface area contributed by atoms with Crippen molar-refractivity contribution < 1.29 is 29.7 Å². The number of carbonyl (C=O) groups is 3. The standard InChI is InChI=1S/C27H28N4O6/c1-16-25(34)24(26(35)28-15-23(32)33)30-22(29-16)14-17-10-12-31(13-11-17)21-8-6-19(7-9-21)18-2-4-20(5-3-18)27(36)37/h2-9,17,34H,10-15H2,1H3,(H,28,35)(H,32,33)(H,36,37). The van der Waals surface area contributed by atoms with Gasteiger partial charge in [0.2, 0.25) is 0 Å². The van der Waals surface area contributed by atoms with Gasteiger partial charge in [0.1, 0.15) is 12.4 Å². The number of rotatable bonds is 8. The third kappa shape index (κ3) is 6.21. The van der Waals surface area contributed by atoms with Crippen LogP contribution in [-0.4, -0.2) is 62.8 Å². The Morgan fingerprint density at radius 2 is 1.54 bits per heavy atom. The largest absolute Gasteiger partial charge is 0.504 e. The molecule has 1 aliphatic heterocycles. The minimum absolute atomic E-state index is 0.209. The number of hydrogen-bond acceptors (Lipinski definition) is 7. The lowest BCUT2D eigenvalue weighted by Crippen LogP contribution is -2.34. The molecule has 3 aromatic rings. The number of nitrogens with zero attached hydrogens (tertiary/aromatic N) is 3. The van der Waals surface area contributed by atoms with Crippen LogP contribution < -0.4 is 10.2 Å². The maximum Gasteiger partial charge on any atom is 0.335 e. The molecular weight excluding hydrogens is 476 g/mol. The highest BCUT2D eigenvalue weighted by molar-refractivity contribution is 5.96. The SMILES string of the molecule is Cc1nc(CC2CCN(c3ccc(-c4ccc(C(=O)O)cc4)cc3)CC2)nc(C(=O)NCC(=O)O)c1O. The molecule has 37 heavy (non-hydrogen) atoms. The van der Waals surface area contributed by atoms with Crippen LogP contribution >= 0.6 is 0 Å². The topological polar surface area (TPSA) is 153 Å². The summed E-state index contributed by atoms with van der Waals surface area (Å²) in [5.74, 6) is -2.46. The Balaban J connectivity index is 1.36. The molecule has 4 rings (SSSR count). The second kappa shape index (κ2) is 11.1. The van der Waals surface area contributed by atoms with Crippen molar-refractivity contribution in [2.45, 2.75) is 26.2 Å². The number of aliphatic carboxylic acids is 1. The van der Waals surface area contributed by atoms with Crippen molar-refractivity contribution in [2.24, 2.45) is 5.92 Å². The van der Waals surface area contributed by atoms with Crippen LogP contribution in [0.4, 0.5) is 5.69 Å². The van der Waals surface area contributed by atoms with E-state index in [0.29, 0.717) is 18.2 Å². The summed E-state index contributed by atoms with van der Waals surface area (Å²) in [6.07, 6.45) is 2.36. The molecule has 1 fully saturated rings. The van der Waals surface area contributed by atoms with Gasteiger partial charge in [-0.2, -0.15) is 0 Å². The maximum atomic E-state index is 12.3. The number of aromatic hydroxyl groups is 1. The average Bonchev–Trinajstić information content (AvgIpc) is 2.90. The summed E-state index contributed by atoms with van der Waals surface area (Å²) in [5.41, 5.74) is 3.40. The number of carboxylic acids is 2. The molecule has 10 nitrogen and oxygen atoms in total. The van der Waals surface area contributed by atoms with E-state index in [1.54, 1.807) is 31.2 Å². The predicted molar refractivity (Wildman–Crippen MR) is 136 cm³/mol. The number of anilines is 1. The first-order valence-electron chi connectivity index (χ1n) is 12.0. The Bertz CT molecular complexity index is 1300. The minimum atomic E-state index is -1.19. The second-order valence-corrected chi connectivity index (χ2v) is 9.06. The summed E-state index contributed by atoms with van der Waals surface area (Å²) in [6, 6.07) is 15.0. The van der Waals surface area contributed by atoms with Crippen molar-refractivity contribution in [2.75, 3.05) is 24.5 Å². The van der Waals surface area contributed by atoms with E-state index in [9.17, 15) is 19.5 Å². The van der Waals surface area contributed by atoms with Crippen molar-refractivity contribution in [3.05, 3.63) is 71.3 Å². The van der Waals surface area contributed by atoms with Crippen LogP contribution in [0.5, 0.6) is 5.75 Å². The number of amides is 1. The zero-order chi connectivity index (χ0) is 26.5. The van der Waals surface area contributed by atoms with E-state index in [1.165, 1.54) is 0 Å². The molecule has 0 atom stereocenters. The Morgan fingerprint density at radius 1 is 0.946 bits per heavy atom. The molecule has 0 spiro atoms. The molecule has 0 bridgehead atoms. The molecule has 1 saturated heterocycles. The van der Waals surface area contributed by atoms with E-state index in [4.69, 9.17) is 10.2 Å². The van der Waals surface area contributed by atoms with Crippen LogP contribution in [0.15, 0.2) is 48.5 Å². The van der Waals surface area contributed by atoms with Gasteiger partial charge in [-0.1, -0.05) is 24.3 Å². The Kier molecular flexibility index (Phi) is 7.66. The van der Waals surface area contributed by atoms with Crippen LogP contribution in [0.2, 0.25) is 0 Å². The zero-order valence-corrected chi connectivity index (χ0v) is 20.3. The van der Waals surface area contributed by atoms with Crippen molar-refractivity contribution in [3.8, 4) is 16.9 Å². The number of benzene rings is 2. The number of hydrogen-bond donors (Lipinski definition) is 4. The first kappa shape index (κ1) is 25.6. The van der Waals surface area contributed by atoms with Gasteiger partial charge in [0, 0.05) is 25.2 Å². The first-order chi connectivity index (χ1) is 17.7. The normalized spacial score (nSPS) is 13.8. The fourth-order valence-electron chi connectivity index (χ4n) is 4.44. The quantitative estimate of drug-likeness (QED) is 0.362. The fraction of sp³-hybridized carbons (Fsp3) is 0.296. The summed E-state index contributed by atoms with van der Waals surface area (Å²) < 4.78 is 0. The monoisotopic (exact) mass is 504 g/mol. The van der Waals surface area contributed by atoms with E-state index in [0.717, 1.165) is 42.7 Å². The average molecular weight is 505 g/mol. The van der Waals surface area contributed by atoms with E-state index in [-0.39, 0.29) is 22.7 Å². The molecule has 2 aromatic carbocycles. The molecule has 0 unspecified atom stereocenters. The first-order valence-corrected chi connectivity index (χ1v) is 12.0. The molecular formula is C27H28N4O6. The zero-order valence-electron chi connectivity index (χ0n) is 20.3. The van der Waals surface area contributed by atoms with Gasteiger partial charge >= 0.3 is 11.9 Å². The van der Waals surface area contributed by atoms with Crippen molar-refractivity contribution in [1.29, 1.82) is 0 Å². The molecule has 192 valence electrons. The molecule has 0 saturated carbocycles. The molecule has 1 aliphatic rings. The Hall–Kier alpha value is -4.47. The summed E-state index contributed by atoms with van der Waals surface area (Å²) in [6.45, 7) is 2.72. The van der Waals surface area contributed by atoms with Crippen molar-refractivity contribution in [3.63, 3.8) is 0 Å². The molecule has 1 aromatic heterocycles. The van der Waals surface area contributed by atoms with Crippen LogP contribution in [0.3, 0.4) is 0 Å². The highest BCUT2D eigenvalue weighted by atomic mass is 16.4. The number of aryl methyl sites for hydroxylation is 1. The molecule has 0 aliphatic carbocycles. The van der Waals surface area contributed by atoms with E-state index >= 15 is 0 Å². The van der Waals surface area contributed by atoms with Gasteiger partial charge in [0.15, 0.2) is 11.4 Å².